The van der Waals surface area contributed by atoms with Crippen molar-refractivity contribution in [3.05, 3.63) is 34.9 Å². The van der Waals surface area contributed by atoms with E-state index in [2.05, 4.69) is 47.9 Å². The Kier molecular flexibility index (Phi) is 25.9. The normalized spacial score (nSPS) is 11.0. The molecular formula is C33H63N9O3. The lowest BCUT2D eigenvalue weighted by Crippen LogP contribution is -2.30. The Balaban J connectivity index is 2.63. The Morgan fingerprint density at radius 2 is 0.622 bits per heavy atom. The molecule has 0 fully saturated rings. The zero-order valence-electron chi connectivity index (χ0n) is 28.3. The molecule has 0 bridgehead atoms. The number of hydrogen-bond acceptors (Lipinski definition) is 9. The van der Waals surface area contributed by atoms with E-state index < -0.39 is 0 Å². The summed E-state index contributed by atoms with van der Waals surface area (Å²) in [5.41, 5.74) is 0.943. The highest BCUT2D eigenvalue weighted by Crippen LogP contribution is 2.12. The maximum atomic E-state index is 13.0. The smallest absolute Gasteiger partial charge is 0.251 e. The first-order chi connectivity index (χ1) is 22.0. The van der Waals surface area contributed by atoms with Gasteiger partial charge in [-0.2, -0.15) is 0 Å². The number of rotatable bonds is 30. The molecule has 0 radical (unpaired) electrons. The molecule has 0 saturated carbocycles. The van der Waals surface area contributed by atoms with Gasteiger partial charge in [0.1, 0.15) is 0 Å². The van der Waals surface area contributed by atoms with Gasteiger partial charge in [0.15, 0.2) is 0 Å². The highest BCUT2D eigenvalue weighted by molar-refractivity contribution is 6.04. The number of carbonyl (C=O) groups is 3. The summed E-state index contributed by atoms with van der Waals surface area (Å²) in [7, 11) is 5.84. The van der Waals surface area contributed by atoms with Crippen LogP contribution in [-0.4, -0.2) is 117 Å². The first-order valence-corrected chi connectivity index (χ1v) is 17.1. The third-order valence-electron chi connectivity index (χ3n) is 7.26. The minimum Gasteiger partial charge on any atom is -0.352 e. The van der Waals surface area contributed by atoms with Crippen molar-refractivity contribution in [1.29, 1.82) is 0 Å². The molecule has 0 aromatic heterocycles. The molecule has 0 heterocycles. The number of unbranched alkanes of at least 4 members (excludes halogenated alkanes) is 3. The number of nitrogens with one attached hydrogen (secondary N) is 9. The van der Waals surface area contributed by atoms with Crippen molar-refractivity contribution < 1.29 is 14.4 Å². The zero-order valence-corrected chi connectivity index (χ0v) is 28.3. The van der Waals surface area contributed by atoms with Crippen LogP contribution in [0.4, 0.5) is 0 Å². The van der Waals surface area contributed by atoms with Crippen molar-refractivity contribution in [1.82, 2.24) is 47.9 Å². The minimum atomic E-state index is -0.283. The molecule has 0 aliphatic carbocycles. The molecule has 0 unspecified atom stereocenters. The summed E-state index contributed by atoms with van der Waals surface area (Å²) in [5.74, 6) is -0.849. The van der Waals surface area contributed by atoms with Gasteiger partial charge >= 0.3 is 0 Å². The van der Waals surface area contributed by atoms with Crippen LogP contribution in [0.3, 0.4) is 0 Å². The molecule has 3 amide bonds. The Labute approximate surface area is 272 Å². The minimum absolute atomic E-state index is 0.283. The van der Waals surface area contributed by atoms with Gasteiger partial charge in [-0.05, 0) is 156 Å². The third-order valence-corrected chi connectivity index (χ3v) is 7.26. The van der Waals surface area contributed by atoms with Crippen LogP contribution in [0.25, 0.3) is 0 Å². The average Bonchev–Trinajstić information content (AvgIpc) is 3.05. The van der Waals surface area contributed by atoms with E-state index >= 15 is 0 Å². The first-order valence-electron chi connectivity index (χ1n) is 17.1. The molecule has 12 heteroatoms. The van der Waals surface area contributed by atoms with Crippen LogP contribution in [0.2, 0.25) is 0 Å². The number of benzene rings is 1. The highest BCUT2D eigenvalue weighted by atomic mass is 16.2. The predicted molar refractivity (Wildman–Crippen MR) is 185 cm³/mol. The highest BCUT2D eigenvalue weighted by Gasteiger charge is 2.16. The fourth-order valence-electron chi connectivity index (χ4n) is 4.60. The largest absolute Gasteiger partial charge is 0.352 e. The van der Waals surface area contributed by atoms with Gasteiger partial charge in [0, 0.05) is 36.3 Å². The molecular weight excluding hydrogens is 570 g/mol. The summed E-state index contributed by atoms with van der Waals surface area (Å²) >= 11 is 0. The van der Waals surface area contributed by atoms with E-state index in [1.54, 1.807) is 18.2 Å². The van der Waals surface area contributed by atoms with E-state index in [4.69, 9.17) is 0 Å². The van der Waals surface area contributed by atoms with Gasteiger partial charge in [0.05, 0.1) is 0 Å². The molecule has 45 heavy (non-hydrogen) atoms. The fraction of sp³-hybridized carbons (Fsp3) is 0.727. The molecule has 0 spiro atoms. The maximum Gasteiger partial charge on any atom is 0.251 e. The molecule has 1 aromatic carbocycles. The van der Waals surface area contributed by atoms with Gasteiger partial charge < -0.3 is 47.9 Å². The van der Waals surface area contributed by atoms with Crippen molar-refractivity contribution in [2.24, 2.45) is 0 Å². The lowest BCUT2D eigenvalue weighted by atomic mass is 10.0. The Morgan fingerprint density at radius 1 is 0.378 bits per heavy atom. The summed E-state index contributed by atoms with van der Waals surface area (Å²) in [6.45, 7) is 10.2. The Morgan fingerprint density at radius 3 is 0.889 bits per heavy atom. The van der Waals surface area contributed by atoms with Gasteiger partial charge in [0.2, 0.25) is 0 Å². The Bertz CT molecular complexity index is 791. The van der Waals surface area contributed by atoms with Crippen LogP contribution in [0, 0.1) is 0 Å². The van der Waals surface area contributed by atoms with Crippen LogP contribution in [-0.2, 0) is 0 Å². The standard InChI is InChI=1S/C33H63N9O3/c1-34-13-10-19-37-16-4-7-22-40-31(43)28-25-29(32(44)41-23-8-5-17-38-20-11-14-35-2)27-30(26-28)33(45)42-24-9-6-18-39-21-12-15-36-3/h25-27,34-39H,4-24H2,1-3H3,(H,40,43)(H,41,44)(H,42,45). The van der Waals surface area contributed by atoms with Crippen LogP contribution in [0.5, 0.6) is 0 Å². The molecule has 0 saturated heterocycles. The van der Waals surface area contributed by atoms with Gasteiger partial charge in [-0.25, -0.2) is 0 Å². The number of amides is 3. The molecule has 0 atom stereocenters. The number of carbonyl (C=O) groups excluding carboxylic acids is 3. The second-order valence-electron chi connectivity index (χ2n) is 11.3. The van der Waals surface area contributed by atoms with E-state index in [1.165, 1.54) is 0 Å². The summed E-state index contributed by atoms with van der Waals surface area (Å²) in [6, 6.07) is 4.73. The summed E-state index contributed by atoms with van der Waals surface area (Å²) in [4.78, 5) is 39.1. The van der Waals surface area contributed by atoms with Crippen molar-refractivity contribution in [2.45, 2.75) is 57.8 Å². The zero-order chi connectivity index (χ0) is 32.8. The monoisotopic (exact) mass is 634 g/mol. The summed E-state index contributed by atoms with van der Waals surface area (Å²) in [5, 5.41) is 28.5. The molecule has 258 valence electrons. The topological polar surface area (TPSA) is 159 Å². The average molecular weight is 634 g/mol. The van der Waals surface area contributed by atoms with E-state index in [0.717, 1.165) is 117 Å². The molecule has 12 nitrogen and oxygen atoms in total. The van der Waals surface area contributed by atoms with Gasteiger partial charge in [-0.1, -0.05) is 0 Å². The first kappa shape index (κ1) is 40.4. The molecule has 1 aromatic rings. The van der Waals surface area contributed by atoms with Gasteiger partial charge in [-0.3, -0.25) is 14.4 Å². The molecule has 0 aliphatic heterocycles. The molecule has 9 N–H and O–H groups in total. The van der Waals surface area contributed by atoms with E-state index in [9.17, 15) is 14.4 Å². The van der Waals surface area contributed by atoms with Crippen LogP contribution < -0.4 is 47.9 Å². The SMILES string of the molecule is CNCCCNCCCCNC(=O)c1cc(C(=O)NCCCCNCCCNC)cc(C(=O)NCCCCNCCCNC)c1. The van der Waals surface area contributed by atoms with E-state index in [-0.39, 0.29) is 17.7 Å². The summed E-state index contributed by atoms with van der Waals surface area (Å²) in [6.07, 6.45) is 8.61. The Hall–Kier alpha value is -2.61. The second-order valence-corrected chi connectivity index (χ2v) is 11.3. The second kappa shape index (κ2) is 28.8. The van der Waals surface area contributed by atoms with E-state index in [0.29, 0.717) is 36.3 Å². The lowest BCUT2D eigenvalue weighted by Gasteiger charge is -2.12. The maximum absolute atomic E-state index is 13.0. The predicted octanol–water partition coefficient (Wildman–Crippen LogP) is 0.814. The third kappa shape index (κ3) is 21.7. The molecule has 0 aliphatic rings. The molecule has 1 rings (SSSR count). The summed E-state index contributed by atoms with van der Waals surface area (Å²) < 4.78 is 0. The van der Waals surface area contributed by atoms with Crippen LogP contribution >= 0.6 is 0 Å². The van der Waals surface area contributed by atoms with Gasteiger partial charge in [0.25, 0.3) is 17.7 Å². The number of hydrogen-bond donors (Lipinski definition) is 9. The van der Waals surface area contributed by atoms with E-state index in [1.807, 2.05) is 21.1 Å². The lowest BCUT2D eigenvalue weighted by molar-refractivity contribution is 0.0952. The van der Waals surface area contributed by atoms with Gasteiger partial charge in [-0.15, -0.1) is 0 Å². The van der Waals surface area contributed by atoms with Crippen molar-refractivity contribution in [2.75, 3.05) is 99.7 Å². The quantitative estimate of drug-likeness (QED) is 0.0559. The van der Waals surface area contributed by atoms with Crippen molar-refractivity contribution in [3.8, 4) is 0 Å². The van der Waals surface area contributed by atoms with Crippen LogP contribution in [0.15, 0.2) is 18.2 Å². The fourth-order valence-corrected chi connectivity index (χ4v) is 4.60. The van der Waals surface area contributed by atoms with Crippen LogP contribution in [0.1, 0.15) is 88.9 Å². The van der Waals surface area contributed by atoms with Crippen molar-refractivity contribution in [3.63, 3.8) is 0 Å². The van der Waals surface area contributed by atoms with Crippen molar-refractivity contribution >= 4 is 17.7 Å².